The molecule has 3 aliphatic rings. The van der Waals surface area contributed by atoms with Crippen LogP contribution in [0.25, 0.3) is 0 Å². The van der Waals surface area contributed by atoms with Crippen LogP contribution in [-0.2, 0) is 14.4 Å². The van der Waals surface area contributed by atoms with E-state index in [4.69, 9.17) is 0 Å². The molecule has 3 fully saturated rings. The van der Waals surface area contributed by atoms with Crippen molar-refractivity contribution in [2.75, 3.05) is 12.3 Å². The van der Waals surface area contributed by atoms with Gasteiger partial charge in [-0.3, -0.25) is 14.4 Å². The van der Waals surface area contributed by atoms with Crippen molar-refractivity contribution in [2.45, 2.75) is 68.8 Å². The van der Waals surface area contributed by atoms with E-state index in [1.807, 2.05) is 6.92 Å². The van der Waals surface area contributed by atoms with Crippen LogP contribution in [0.5, 0.6) is 0 Å². The first-order chi connectivity index (χ1) is 11.0. The maximum Gasteiger partial charge on any atom is 0.244 e. The highest BCUT2D eigenvalue weighted by molar-refractivity contribution is 8.01. The summed E-state index contributed by atoms with van der Waals surface area (Å²) in [6.07, 6.45) is 6.92. The van der Waals surface area contributed by atoms with Gasteiger partial charge in [-0.25, -0.2) is 0 Å². The van der Waals surface area contributed by atoms with Crippen molar-refractivity contribution in [3.8, 4) is 0 Å². The molecule has 0 spiro atoms. The number of hydrogen-bond donors (Lipinski definition) is 2. The highest BCUT2D eigenvalue weighted by Gasteiger charge is 2.52. The van der Waals surface area contributed by atoms with E-state index in [1.165, 1.54) is 6.42 Å². The molecule has 0 aromatic carbocycles. The fourth-order valence-corrected chi connectivity index (χ4v) is 5.26. The van der Waals surface area contributed by atoms with E-state index in [9.17, 15) is 14.4 Å². The van der Waals surface area contributed by atoms with Crippen molar-refractivity contribution in [3.63, 3.8) is 0 Å². The second-order valence-corrected chi connectivity index (χ2v) is 8.39. The van der Waals surface area contributed by atoms with E-state index in [0.717, 1.165) is 32.1 Å². The maximum atomic E-state index is 12.4. The first-order valence-corrected chi connectivity index (χ1v) is 9.51. The first-order valence-electron chi connectivity index (χ1n) is 8.53. The molecule has 3 amide bonds. The minimum atomic E-state index is -0.442. The molecule has 1 saturated carbocycles. The van der Waals surface area contributed by atoms with Gasteiger partial charge in [0, 0.05) is 18.2 Å². The van der Waals surface area contributed by atoms with Crippen LogP contribution in [0, 0.1) is 0 Å². The Hall–Kier alpha value is -1.24. The summed E-state index contributed by atoms with van der Waals surface area (Å²) in [5.74, 6) is 0.309. The number of nitrogens with one attached hydrogen (secondary N) is 2. The van der Waals surface area contributed by atoms with Gasteiger partial charge in [0.05, 0.1) is 11.4 Å². The van der Waals surface area contributed by atoms with Gasteiger partial charge in [0.25, 0.3) is 0 Å². The van der Waals surface area contributed by atoms with Crippen molar-refractivity contribution in [2.24, 2.45) is 0 Å². The van der Waals surface area contributed by atoms with Crippen molar-refractivity contribution in [3.05, 3.63) is 0 Å². The lowest BCUT2D eigenvalue weighted by Crippen LogP contribution is -2.52. The van der Waals surface area contributed by atoms with Gasteiger partial charge in [0.15, 0.2) is 0 Å². The molecule has 0 aromatic heterocycles. The molecule has 0 aromatic rings. The lowest BCUT2D eigenvalue weighted by molar-refractivity contribution is -0.138. The largest absolute Gasteiger partial charge is 0.352 e. The Morgan fingerprint density at radius 1 is 1.30 bits per heavy atom. The fraction of sp³-hybridized carbons (Fsp3) is 0.812. The highest BCUT2D eigenvalue weighted by Crippen LogP contribution is 2.47. The number of thioether (sulfide) groups is 1. The lowest BCUT2D eigenvalue weighted by atomic mass is 9.95. The van der Waals surface area contributed by atoms with Crippen LogP contribution < -0.4 is 10.6 Å². The van der Waals surface area contributed by atoms with E-state index in [-0.39, 0.29) is 35.2 Å². The number of carbonyl (C=O) groups is 3. The fourth-order valence-electron chi connectivity index (χ4n) is 3.83. The van der Waals surface area contributed by atoms with Gasteiger partial charge in [-0.15, -0.1) is 11.8 Å². The summed E-state index contributed by atoms with van der Waals surface area (Å²) in [4.78, 5) is 37.8. The zero-order valence-electron chi connectivity index (χ0n) is 13.6. The van der Waals surface area contributed by atoms with Gasteiger partial charge in [-0.05, 0) is 26.2 Å². The Bertz CT molecular complexity index is 507. The molecule has 2 heterocycles. The molecule has 0 radical (unpaired) electrons. The van der Waals surface area contributed by atoms with Crippen LogP contribution in [0.15, 0.2) is 0 Å². The van der Waals surface area contributed by atoms with Crippen molar-refractivity contribution in [1.29, 1.82) is 0 Å². The quantitative estimate of drug-likeness (QED) is 0.801. The zero-order valence-corrected chi connectivity index (χ0v) is 14.4. The molecule has 23 heavy (non-hydrogen) atoms. The minimum Gasteiger partial charge on any atom is -0.352 e. The molecule has 2 N–H and O–H groups in total. The molecule has 2 saturated heterocycles. The second kappa shape index (κ2) is 6.71. The van der Waals surface area contributed by atoms with Gasteiger partial charge in [-0.1, -0.05) is 19.3 Å². The summed E-state index contributed by atoms with van der Waals surface area (Å²) in [6, 6.07) is -0.193. The normalized spacial score (nSPS) is 31.1. The first kappa shape index (κ1) is 16.6. The van der Waals surface area contributed by atoms with Gasteiger partial charge < -0.3 is 15.5 Å². The second-order valence-electron chi connectivity index (χ2n) is 6.89. The average molecular weight is 339 g/mol. The molecule has 3 rings (SSSR count). The summed E-state index contributed by atoms with van der Waals surface area (Å²) in [5, 5.41) is 5.69. The average Bonchev–Trinajstić information content (AvgIpc) is 3.03. The van der Waals surface area contributed by atoms with E-state index in [2.05, 4.69) is 10.6 Å². The number of fused-ring (bicyclic) bond motifs is 1. The predicted molar refractivity (Wildman–Crippen MR) is 88.8 cm³/mol. The Kier molecular flexibility index (Phi) is 4.85. The van der Waals surface area contributed by atoms with Crippen molar-refractivity contribution < 1.29 is 14.4 Å². The molecule has 0 bridgehead atoms. The summed E-state index contributed by atoms with van der Waals surface area (Å²) >= 11 is 1.66. The number of hydrogen-bond acceptors (Lipinski definition) is 4. The van der Waals surface area contributed by atoms with E-state index < -0.39 is 6.04 Å². The molecule has 0 unspecified atom stereocenters. The Morgan fingerprint density at radius 2 is 2.04 bits per heavy atom. The molecule has 2 atom stereocenters. The summed E-state index contributed by atoms with van der Waals surface area (Å²) in [6.45, 7) is 2.01. The molecular formula is C16H25N3O3S. The minimum absolute atomic E-state index is 0.00472. The van der Waals surface area contributed by atoms with Crippen LogP contribution in [0.3, 0.4) is 0 Å². The SMILES string of the molecule is C[C@@]12CCC(=O)N1[C@@H](C(=O)NCC(=O)NC1CCCCC1)CS2. The molecule has 6 nitrogen and oxygen atoms in total. The van der Waals surface area contributed by atoms with Crippen molar-refractivity contribution >= 4 is 29.5 Å². The van der Waals surface area contributed by atoms with E-state index in [0.29, 0.717) is 12.2 Å². The summed E-state index contributed by atoms with van der Waals surface area (Å²) in [5.41, 5.74) is 0. The van der Waals surface area contributed by atoms with Crippen molar-refractivity contribution in [1.82, 2.24) is 15.5 Å². The molecule has 7 heteroatoms. The van der Waals surface area contributed by atoms with Gasteiger partial charge >= 0.3 is 0 Å². The number of rotatable bonds is 4. The third-order valence-corrected chi connectivity index (χ3v) is 6.65. The Morgan fingerprint density at radius 3 is 2.78 bits per heavy atom. The summed E-state index contributed by atoms with van der Waals surface area (Å²) < 4.78 is 0. The van der Waals surface area contributed by atoms with Gasteiger partial charge in [0.1, 0.15) is 6.04 Å². The third kappa shape index (κ3) is 3.49. The lowest BCUT2D eigenvalue weighted by Gasteiger charge is -2.29. The van der Waals surface area contributed by atoms with Crippen LogP contribution in [0.1, 0.15) is 51.9 Å². The van der Waals surface area contributed by atoms with E-state index >= 15 is 0 Å². The molecule has 2 aliphatic heterocycles. The molecule has 1 aliphatic carbocycles. The third-order valence-electron chi connectivity index (χ3n) is 5.14. The highest BCUT2D eigenvalue weighted by atomic mass is 32.2. The molecule has 128 valence electrons. The Balaban J connectivity index is 1.47. The smallest absolute Gasteiger partial charge is 0.244 e. The van der Waals surface area contributed by atoms with Crippen LogP contribution in [0.2, 0.25) is 0 Å². The van der Waals surface area contributed by atoms with Crippen LogP contribution >= 0.6 is 11.8 Å². The van der Waals surface area contributed by atoms with Gasteiger partial charge in [0.2, 0.25) is 17.7 Å². The number of nitrogens with zero attached hydrogens (tertiary/aromatic N) is 1. The van der Waals surface area contributed by atoms with Crippen LogP contribution in [0.4, 0.5) is 0 Å². The standard InChI is InChI=1S/C16H25N3O3S/c1-16-8-7-14(21)19(16)12(10-23-16)15(22)17-9-13(20)18-11-5-3-2-4-6-11/h11-12H,2-10H2,1H3,(H,17,22)(H,18,20)/t12-,16-/m1/s1. The zero-order chi connectivity index (χ0) is 16.4. The molecular weight excluding hydrogens is 314 g/mol. The Labute approximate surface area is 141 Å². The monoisotopic (exact) mass is 339 g/mol. The number of amides is 3. The maximum absolute atomic E-state index is 12.4. The summed E-state index contributed by atoms with van der Waals surface area (Å²) in [7, 11) is 0. The van der Waals surface area contributed by atoms with Crippen LogP contribution in [-0.4, -0.2) is 51.9 Å². The topological polar surface area (TPSA) is 78.5 Å². The van der Waals surface area contributed by atoms with Gasteiger partial charge in [-0.2, -0.15) is 0 Å². The number of carbonyl (C=O) groups excluding carboxylic acids is 3. The predicted octanol–water partition coefficient (Wildman–Crippen LogP) is 1.01. The van der Waals surface area contributed by atoms with E-state index in [1.54, 1.807) is 16.7 Å².